The van der Waals surface area contributed by atoms with Crippen LogP contribution >= 0.6 is 11.6 Å². The number of aromatic nitrogens is 3. The highest BCUT2D eigenvalue weighted by Crippen LogP contribution is 2.19. The molecule has 0 fully saturated rings. The fourth-order valence-electron chi connectivity index (χ4n) is 1.16. The molecule has 0 aliphatic heterocycles. The van der Waals surface area contributed by atoms with Crippen molar-refractivity contribution in [2.45, 2.75) is 40.5 Å². The molecule has 1 aromatic heterocycles. The molecule has 1 rings (SSSR count). The summed E-state index contributed by atoms with van der Waals surface area (Å²) in [6, 6.07) is 0.276. The molecule has 5 nitrogen and oxygen atoms in total. The van der Waals surface area contributed by atoms with Gasteiger partial charge in [0.05, 0.1) is 6.61 Å². The Morgan fingerprint density at radius 1 is 1.22 bits per heavy atom. The highest BCUT2D eigenvalue weighted by molar-refractivity contribution is 6.28. The van der Waals surface area contributed by atoms with E-state index in [0.29, 0.717) is 12.6 Å². The van der Waals surface area contributed by atoms with Crippen LogP contribution in [0.2, 0.25) is 5.28 Å². The van der Waals surface area contributed by atoms with E-state index in [0.717, 1.165) is 19.4 Å². The Balaban J connectivity index is 2.57. The molecule has 1 heterocycles. The molecule has 0 aliphatic rings. The first-order valence-corrected chi connectivity index (χ1v) is 6.57. The lowest BCUT2D eigenvalue weighted by Gasteiger charge is -2.17. The Hall–Kier alpha value is -1.10. The first kappa shape index (κ1) is 15.0. The van der Waals surface area contributed by atoms with Crippen LogP contribution in [0, 0.1) is 5.41 Å². The van der Waals surface area contributed by atoms with Gasteiger partial charge in [0.1, 0.15) is 0 Å². The van der Waals surface area contributed by atoms with Crippen LogP contribution in [0.25, 0.3) is 0 Å². The molecular formula is C12H21ClN4O. The fraction of sp³-hybridized carbons (Fsp3) is 0.750. The molecule has 0 bridgehead atoms. The molecule has 0 atom stereocenters. The Morgan fingerprint density at radius 3 is 2.56 bits per heavy atom. The zero-order valence-corrected chi connectivity index (χ0v) is 12.2. The fourth-order valence-corrected chi connectivity index (χ4v) is 1.31. The van der Waals surface area contributed by atoms with E-state index < -0.39 is 0 Å². The number of nitrogens with zero attached hydrogens (tertiary/aromatic N) is 3. The molecule has 0 unspecified atom stereocenters. The number of hydrogen-bond acceptors (Lipinski definition) is 5. The highest BCUT2D eigenvalue weighted by atomic mass is 35.5. The van der Waals surface area contributed by atoms with E-state index in [2.05, 4.69) is 48.0 Å². The van der Waals surface area contributed by atoms with Gasteiger partial charge in [-0.3, -0.25) is 0 Å². The van der Waals surface area contributed by atoms with Crippen molar-refractivity contribution in [1.82, 2.24) is 15.0 Å². The van der Waals surface area contributed by atoms with E-state index in [1.807, 2.05) is 0 Å². The van der Waals surface area contributed by atoms with Crippen LogP contribution in [-0.2, 0) is 0 Å². The molecule has 1 N–H and O–H groups in total. The van der Waals surface area contributed by atoms with E-state index in [9.17, 15) is 0 Å². The van der Waals surface area contributed by atoms with E-state index in [-0.39, 0.29) is 16.7 Å². The predicted octanol–water partition coefficient (Wildman–Crippen LogP) is 3.16. The lowest BCUT2D eigenvalue weighted by atomic mass is 9.93. The van der Waals surface area contributed by atoms with Gasteiger partial charge in [0.15, 0.2) is 0 Å². The lowest BCUT2D eigenvalue weighted by Crippen LogP contribution is -2.13. The largest absolute Gasteiger partial charge is 0.463 e. The second kappa shape index (κ2) is 6.73. The molecule has 102 valence electrons. The number of nitrogens with one attached hydrogen (secondary N) is 1. The quantitative estimate of drug-likeness (QED) is 0.862. The summed E-state index contributed by atoms with van der Waals surface area (Å²) in [5.41, 5.74) is 0.222. The summed E-state index contributed by atoms with van der Waals surface area (Å²) in [6.07, 6.45) is 1.91. The van der Waals surface area contributed by atoms with Gasteiger partial charge in [-0.2, -0.15) is 15.0 Å². The van der Waals surface area contributed by atoms with Gasteiger partial charge in [-0.25, -0.2) is 0 Å². The van der Waals surface area contributed by atoms with Crippen molar-refractivity contribution in [1.29, 1.82) is 0 Å². The third-order valence-corrected chi connectivity index (χ3v) is 2.37. The van der Waals surface area contributed by atoms with Gasteiger partial charge < -0.3 is 10.1 Å². The average Bonchev–Trinajstić information content (AvgIpc) is 2.24. The van der Waals surface area contributed by atoms with Gasteiger partial charge >= 0.3 is 6.01 Å². The molecular weight excluding hydrogens is 252 g/mol. The SMILES string of the molecule is CCCNc1nc(Cl)nc(OCCC(C)(C)C)n1. The standard InChI is InChI=1S/C12H21ClN4O/c1-5-7-14-10-15-9(13)16-11(17-10)18-8-6-12(2,3)4/h5-8H2,1-4H3,(H,14,15,16,17). The summed E-state index contributed by atoms with van der Waals surface area (Å²) < 4.78 is 5.50. The minimum Gasteiger partial charge on any atom is -0.463 e. The van der Waals surface area contributed by atoms with Crippen LogP contribution < -0.4 is 10.1 Å². The average molecular weight is 273 g/mol. The summed E-state index contributed by atoms with van der Waals surface area (Å²) in [5.74, 6) is 0.461. The van der Waals surface area contributed by atoms with Gasteiger partial charge in [0.2, 0.25) is 11.2 Å². The van der Waals surface area contributed by atoms with E-state index >= 15 is 0 Å². The van der Waals surface area contributed by atoms with Gasteiger partial charge in [0, 0.05) is 6.54 Å². The highest BCUT2D eigenvalue weighted by Gasteiger charge is 2.11. The number of rotatable bonds is 6. The summed E-state index contributed by atoms with van der Waals surface area (Å²) in [5, 5.41) is 3.20. The van der Waals surface area contributed by atoms with Gasteiger partial charge in [-0.05, 0) is 29.9 Å². The molecule has 0 saturated heterocycles. The topological polar surface area (TPSA) is 59.9 Å². The van der Waals surface area contributed by atoms with Crippen molar-refractivity contribution in [2.75, 3.05) is 18.5 Å². The van der Waals surface area contributed by atoms with Crippen molar-refractivity contribution >= 4 is 17.5 Å². The van der Waals surface area contributed by atoms with Crippen LogP contribution in [0.3, 0.4) is 0 Å². The number of halogens is 1. The molecule has 0 spiro atoms. The molecule has 0 radical (unpaired) electrons. The zero-order chi connectivity index (χ0) is 13.6. The first-order valence-electron chi connectivity index (χ1n) is 6.19. The Bertz CT molecular complexity index is 379. The van der Waals surface area contributed by atoms with Crippen molar-refractivity contribution < 1.29 is 4.74 Å². The van der Waals surface area contributed by atoms with Gasteiger partial charge in [-0.1, -0.05) is 27.7 Å². The van der Waals surface area contributed by atoms with Crippen LogP contribution in [0.4, 0.5) is 5.95 Å². The Kier molecular flexibility index (Phi) is 5.59. The molecule has 0 aromatic carbocycles. The van der Waals surface area contributed by atoms with E-state index in [1.54, 1.807) is 0 Å². The van der Waals surface area contributed by atoms with E-state index in [4.69, 9.17) is 16.3 Å². The smallest absolute Gasteiger partial charge is 0.322 e. The van der Waals surface area contributed by atoms with Crippen molar-refractivity contribution in [3.8, 4) is 6.01 Å². The third-order valence-electron chi connectivity index (χ3n) is 2.20. The molecule has 0 amide bonds. The molecule has 6 heteroatoms. The van der Waals surface area contributed by atoms with Crippen molar-refractivity contribution in [3.63, 3.8) is 0 Å². The number of ether oxygens (including phenoxy) is 1. The molecule has 0 aliphatic carbocycles. The molecule has 1 aromatic rings. The maximum Gasteiger partial charge on any atom is 0.322 e. The second-order valence-corrected chi connectivity index (χ2v) is 5.63. The Labute approximate surface area is 113 Å². The van der Waals surface area contributed by atoms with Crippen LogP contribution in [0.15, 0.2) is 0 Å². The maximum atomic E-state index is 5.82. The first-order chi connectivity index (χ1) is 8.40. The zero-order valence-electron chi connectivity index (χ0n) is 11.5. The molecule has 18 heavy (non-hydrogen) atoms. The van der Waals surface area contributed by atoms with Crippen molar-refractivity contribution in [2.24, 2.45) is 5.41 Å². The Morgan fingerprint density at radius 2 is 1.94 bits per heavy atom. The normalized spacial score (nSPS) is 11.4. The lowest BCUT2D eigenvalue weighted by molar-refractivity contribution is 0.228. The van der Waals surface area contributed by atoms with Crippen LogP contribution in [-0.4, -0.2) is 28.1 Å². The van der Waals surface area contributed by atoms with Crippen LogP contribution in [0.5, 0.6) is 6.01 Å². The van der Waals surface area contributed by atoms with Gasteiger partial charge in [0.25, 0.3) is 0 Å². The summed E-state index contributed by atoms with van der Waals surface area (Å²) in [4.78, 5) is 12.1. The van der Waals surface area contributed by atoms with E-state index in [1.165, 1.54) is 0 Å². The third kappa shape index (κ3) is 6.00. The molecule has 0 saturated carbocycles. The number of hydrogen-bond donors (Lipinski definition) is 1. The minimum atomic E-state index is 0.148. The monoisotopic (exact) mass is 272 g/mol. The second-order valence-electron chi connectivity index (χ2n) is 5.30. The summed E-state index contributed by atoms with van der Waals surface area (Å²) >= 11 is 5.82. The maximum absolute atomic E-state index is 5.82. The minimum absolute atomic E-state index is 0.148. The number of anilines is 1. The predicted molar refractivity (Wildman–Crippen MR) is 73.2 cm³/mol. The summed E-state index contributed by atoms with van der Waals surface area (Å²) in [7, 11) is 0. The van der Waals surface area contributed by atoms with Gasteiger partial charge in [-0.15, -0.1) is 0 Å². The summed E-state index contributed by atoms with van der Waals surface area (Å²) in [6.45, 7) is 9.90. The van der Waals surface area contributed by atoms with Crippen LogP contribution in [0.1, 0.15) is 40.5 Å². The van der Waals surface area contributed by atoms with Crippen molar-refractivity contribution in [3.05, 3.63) is 5.28 Å².